The molecule has 22 heavy (non-hydrogen) atoms. The second kappa shape index (κ2) is 6.23. The van der Waals surface area contributed by atoms with Gasteiger partial charge in [-0.05, 0) is 24.5 Å². The van der Waals surface area contributed by atoms with E-state index in [9.17, 15) is 5.11 Å². The fourth-order valence-corrected chi connectivity index (χ4v) is 3.53. The van der Waals surface area contributed by atoms with Gasteiger partial charge in [-0.25, -0.2) is 0 Å². The van der Waals surface area contributed by atoms with Gasteiger partial charge in [0, 0.05) is 25.6 Å². The largest absolute Gasteiger partial charge is 0.385 e. The van der Waals surface area contributed by atoms with Crippen molar-refractivity contribution in [2.75, 3.05) is 13.1 Å². The first-order chi connectivity index (χ1) is 10.6. The molecule has 1 fully saturated rings. The Morgan fingerprint density at radius 3 is 2.59 bits per heavy atom. The molecular formula is C20H25NO. The lowest BCUT2D eigenvalue weighted by Gasteiger charge is -2.43. The summed E-state index contributed by atoms with van der Waals surface area (Å²) in [5.41, 5.74) is 2.93. The number of hydrogen-bond donors (Lipinski definition) is 1. The van der Waals surface area contributed by atoms with Crippen molar-refractivity contribution in [1.82, 2.24) is 4.90 Å². The highest BCUT2D eigenvalue weighted by Gasteiger charge is 2.40. The van der Waals surface area contributed by atoms with Gasteiger partial charge in [-0.1, -0.05) is 67.1 Å². The van der Waals surface area contributed by atoms with E-state index in [4.69, 9.17) is 0 Å². The third-order valence-corrected chi connectivity index (χ3v) is 4.92. The van der Waals surface area contributed by atoms with Gasteiger partial charge in [-0.15, -0.1) is 0 Å². The molecule has 0 unspecified atom stereocenters. The molecule has 3 rings (SSSR count). The summed E-state index contributed by atoms with van der Waals surface area (Å²) in [4.78, 5) is 2.45. The van der Waals surface area contributed by atoms with Crippen LogP contribution in [0.15, 0.2) is 54.6 Å². The minimum atomic E-state index is -0.695. The van der Waals surface area contributed by atoms with Gasteiger partial charge in [0.1, 0.15) is 0 Å². The molecule has 0 saturated carbocycles. The van der Waals surface area contributed by atoms with E-state index in [1.54, 1.807) is 0 Å². The first-order valence-corrected chi connectivity index (χ1v) is 8.14. The topological polar surface area (TPSA) is 23.5 Å². The number of aryl methyl sites for hydroxylation is 1. The third kappa shape index (κ3) is 3.08. The van der Waals surface area contributed by atoms with Crippen LogP contribution in [0.1, 0.15) is 30.0 Å². The first kappa shape index (κ1) is 15.3. The van der Waals surface area contributed by atoms with E-state index in [0.717, 1.165) is 31.6 Å². The lowest BCUT2D eigenvalue weighted by atomic mass is 9.76. The zero-order chi connectivity index (χ0) is 15.6. The predicted molar refractivity (Wildman–Crippen MR) is 90.6 cm³/mol. The van der Waals surface area contributed by atoms with Crippen LogP contribution < -0.4 is 0 Å². The molecular weight excluding hydrogens is 270 g/mol. The van der Waals surface area contributed by atoms with Gasteiger partial charge < -0.3 is 5.11 Å². The van der Waals surface area contributed by atoms with Crippen molar-refractivity contribution in [3.8, 4) is 0 Å². The second-order valence-electron chi connectivity index (χ2n) is 6.67. The smallest absolute Gasteiger partial charge is 0.0946 e. The van der Waals surface area contributed by atoms with E-state index < -0.39 is 5.60 Å². The van der Waals surface area contributed by atoms with Crippen LogP contribution in [0.25, 0.3) is 0 Å². The van der Waals surface area contributed by atoms with Gasteiger partial charge in [-0.2, -0.15) is 0 Å². The zero-order valence-electron chi connectivity index (χ0n) is 13.5. The van der Waals surface area contributed by atoms with E-state index in [-0.39, 0.29) is 5.92 Å². The summed E-state index contributed by atoms with van der Waals surface area (Å²) in [5, 5.41) is 11.2. The lowest BCUT2D eigenvalue weighted by molar-refractivity contribution is -0.0728. The Labute approximate surface area is 133 Å². The van der Waals surface area contributed by atoms with Gasteiger partial charge in [0.25, 0.3) is 0 Å². The van der Waals surface area contributed by atoms with Gasteiger partial charge in [0.05, 0.1) is 5.60 Å². The molecule has 0 spiro atoms. The van der Waals surface area contributed by atoms with E-state index in [1.807, 2.05) is 6.07 Å². The van der Waals surface area contributed by atoms with Crippen LogP contribution in [0.3, 0.4) is 0 Å². The number of rotatable bonds is 3. The molecule has 2 nitrogen and oxygen atoms in total. The SMILES string of the molecule is Cc1cccc([C@]2(O)CCN(Cc3ccccc3)C[C@@H]2C)c1. The molecule has 1 saturated heterocycles. The van der Waals surface area contributed by atoms with Crippen molar-refractivity contribution >= 4 is 0 Å². The number of hydrogen-bond acceptors (Lipinski definition) is 2. The summed E-state index contributed by atoms with van der Waals surface area (Å²) >= 11 is 0. The fourth-order valence-electron chi connectivity index (χ4n) is 3.53. The van der Waals surface area contributed by atoms with Crippen molar-refractivity contribution in [3.05, 3.63) is 71.3 Å². The standard InChI is InChI=1S/C20H25NO/c1-16-7-6-10-19(13-16)20(22)11-12-21(14-17(20)2)15-18-8-4-3-5-9-18/h3-10,13,17,22H,11-12,14-15H2,1-2H3/t17-,20-/m0/s1. The van der Waals surface area contributed by atoms with Crippen molar-refractivity contribution in [2.45, 2.75) is 32.4 Å². The summed E-state index contributed by atoms with van der Waals surface area (Å²) in [5.74, 6) is 0.228. The number of aliphatic hydroxyl groups is 1. The van der Waals surface area contributed by atoms with Crippen LogP contribution >= 0.6 is 0 Å². The van der Waals surface area contributed by atoms with Gasteiger partial charge in [0.2, 0.25) is 0 Å². The van der Waals surface area contributed by atoms with Crippen LogP contribution in [0.5, 0.6) is 0 Å². The summed E-state index contributed by atoms with van der Waals surface area (Å²) < 4.78 is 0. The van der Waals surface area contributed by atoms with Gasteiger partial charge >= 0.3 is 0 Å². The van der Waals surface area contributed by atoms with Gasteiger partial charge in [0.15, 0.2) is 0 Å². The minimum Gasteiger partial charge on any atom is -0.385 e. The summed E-state index contributed by atoms with van der Waals surface area (Å²) in [7, 11) is 0. The van der Waals surface area contributed by atoms with E-state index in [2.05, 4.69) is 67.3 Å². The molecule has 2 aromatic rings. The van der Waals surface area contributed by atoms with Crippen molar-refractivity contribution in [3.63, 3.8) is 0 Å². The minimum absolute atomic E-state index is 0.228. The molecule has 0 aliphatic carbocycles. The molecule has 1 heterocycles. The molecule has 0 bridgehead atoms. The Morgan fingerprint density at radius 2 is 1.91 bits per heavy atom. The van der Waals surface area contributed by atoms with E-state index >= 15 is 0 Å². The molecule has 1 aliphatic heterocycles. The Bertz CT molecular complexity index is 625. The van der Waals surface area contributed by atoms with Crippen LogP contribution in [0.2, 0.25) is 0 Å². The fraction of sp³-hybridized carbons (Fsp3) is 0.400. The molecule has 0 aromatic heterocycles. The van der Waals surface area contributed by atoms with Crippen LogP contribution in [0.4, 0.5) is 0 Å². The van der Waals surface area contributed by atoms with Crippen molar-refractivity contribution < 1.29 is 5.11 Å². The average molecular weight is 295 g/mol. The first-order valence-electron chi connectivity index (χ1n) is 8.14. The quantitative estimate of drug-likeness (QED) is 0.933. The molecule has 0 radical (unpaired) electrons. The molecule has 1 aliphatic rings. The molecule has 1 N–H and O–H groups in total. The maximum atomic E-state index is 11.2. The van der Waals surface area contributed by atoms with Crippen molar-refractivity contribution in [1.29, 1.82) is 0 Å². The summed E-state index contributed by atoms with van der Waals surface area (Å²) in [6.07, 6.45) is 0.796. The average Bonchev–Trinajstić information content (AvgIpc) is 2.52. The van der Waals surface area contributed by atoms with Crippen LogP contribution in [-0.2, 0) is 12.1 Å². The van der Waals surface area contributed by atoms with E-state index in [1.165, 1.54) is 11.1 Å². The van der Waals surface area contributed by atoms with Crippen LogP contribution in [-0.4, -0.2) is 23.1 Å². The number of nitrogens with zero attached hydrogens (tertiary/aromatic N) is 1. The molecule has 116 valence electrons. The number of benzene rings is 2. The summed E-state index contributed by atoms with van der Waals surface area (Å²) in [6, 6.07) is 18.9. The predicted octanol–water partition coefficient (Wildman–Crippen LogP) is 3.72. The highest BCUT2D eigenvalue weighted by molar-refractivity contribution is 5.29. The van der Waals surface area contributed by atoms with Gasteiger partial charge in [-0.3, -0.25) is 4.90 Å². The van der Waals surface area contributed by atoms with E-state index in [0.29, 0.717) is 0 Å². The Kier molecular flexibility index (Phi) is 4.32. The molecule has 2 aromatic carbocycles. The Hall–Kier alpha value is -1.64. The second-order valence-corrected chi connectivity index (χ2v) is 6.67. The molecule has 2 heteroatoms. The number of piperidine rings is 1. The number of likely N-dealkylation sites (tertiary alicyclic amines) is 1. The monoisotopic (exact) mass is 295 g/mol. The Morgan fingerprint density at radius 1 is 1.14 bits per heavy atom. The summed E-state index contributed by atoms with van der Waals surface area (Å²) in [6.45, 7) is 7.08. The third-order valence-electron chi connectivity index (χ3n) is 4.92. The molecule has 2 atom stereocenters. The maximum absolute atomic E-state index is 11.2. The normalized spacial score (nSPS) is 26.0. The van der Waals surface area contributed by atoms with Crippen LogP contribution in [0, 0.1) is 12.8 Å². The zero-order valence-corrected chi connectivity index (χ0v) is 13.5. The van der Waals surface area contributed by atoms with Crippen molar-refractivity contribution in [2.24, 2.45) is 5.92 Å². The highest BCUT2D eigenvalue weighted by Crippen LogP contribution is 2.37. The lowest BCUT2D eigenvalue weighted by Crippen LogP contribution is -2.48. The highest BCUT2D eigenvalue weighted by atomic mass is 16.3. The molecule has 0 amide bonds. The maximum Gasteiger partial charge on any atom is 0.0946 e. The Balaban J connectivity index is 1.72.